The number of amides is 1. The smallest absolute Gasteiger partial charge is 0.324 e. The molecule has 0 radical (unpaired) electrons. The fraction of sp³-hybridized carbons (Fsp3) is 0.174. The summed E-state index contributed by atoms with van der Waals surface area (Å²) >= 11 is 18.0. The predicted octanol–water partition coefficient (Wildman–Crippen LogP) is 6.54. The second-order valence-electron chi connectivity index (χ2n) is 7.39. The Morgan fingerprint density at radius 1 is 0.914 bits per heavy atom. The number of alkyl halides is 3. The first kappa shape index (κ1) is 27.3. The van der Waals surface area contributed by atoms with Gasteiger partial charge in [0.1, 0.15) is 4.90 Å². The minimum atomic E-state index is -4.65. The molecule has 5 nitrogen and oxygen atoms in total. The summed E-state index contributed by atoms with van der Waals surface area (Å²) in [4.78, 5) is 12.5. The zero-order chi connectivity index (χ0) is 25.8. The largest absolute Gasteiger partial charge is 0.416 e. The number of anilines is 1. The highest BCUT2D eigenvalue weighted by atomic mass is 35.5. The van der Waals surface area contributed by atoms with Crippen LogP contribution < -0.4 is 5.32 Å². The van der Waals surface area contributed by atoms with Gasteiger partial charge in [0.25, 0.3) is 0 Å². The molecule has 12 heteroatoms. The molecule has 3 aromatic rings. The minimum absolute atomic E-state index is 0.0968. The van der Waals surface area contributed by atoms with E-state index < -0.39 is 34.2 Å². The number of hydrogen-bond donors (Lipinski definition) is 1. The maximum atomic E-state index is 13.4. The number of carbonyl (C=O) groups excluding carboxylic acids is 1. The van der Waals surface area contributed by atoms with Gasteiger partial charge >= 0.3 is 6.18 Å². The van der Waals surface area contributed by atoms with E-state index in [1.165, 1.54) is 12.1 Å². The number of benzene rings is 3. The van der Waals surface area contributed by atoms with Gasteiger partial charge in [-0.25, -0.2) is 8.42 Å². The van der Waals surface area contributed by atoms with E-state index in [0.717, 1.165) is 28.1 Å². The fourth-order valence-electron chi connectivity index (χ4n) is 3.14. The maximum absolute atomic E-state index is 13.4. The van der Waals surface area contributed by atoms with E-state index >= 15 is 0 Å². The fourth-order valence-corrected chi connectivity index (χ4v) is 5.44. The normalized spacial score (nSPS) is 12.1. The topological polar surface area (TPSA) is 66.5 Å². The van der Waals surface area contributed by atoms with Gasteiger partial charge in [-0.15, -0.1) is 0 Å². The third kappa shape index (κ3) is 7.11. The molecule has 0 fully saturated rings. The van der Waals surface area contributed by atoms with Crippen LogP contribution >= 0.6 is 34.8 Å². The van der Waals surface area contributed by atoms with Crippen LogP contribution in [0, 0.1) is 0 Å². The zero-order valence-corrected chi connectivity index (χ0v) is 20.9. The van der Waals surface area contributed by atoms with E-state index in [4.69, 9.17) is 34.8 Å². The maximum Gasteiger partial charge on any atom is 0.416 e. The van der Waals surface area contributed by atoms with E-state index in [0.29, 0.717) is 6.07 Å². The van der Waals surface area contributed by atoms with Crippen molar-refractivity contribution in [2.45, 2.75) is 17.5 Å². The summed E-state index contributed by atoms with van der Waals surface area (Å²) in [6.07, 6.45) is -4.39. The van der Waals surface area contributed by atoms with E-state index in [9.17, 15) is 26.4 Å². The molecule has 3 aromatic carbocycles. The summed E-state index contributed by atoms with van der Waals surface area (Å²) in [5.41, 5.74) is -0.504. The number of hydrogen-bond acceptors (Lipinski definition) is 3. The van der Waals surface area contributed by atoms with Crippen LogP contribution in [0.2, 0.25) is 15.1 Å². The standard InChI is InChI=1S/C23H18Cl3F3N2O3S/c24-17-7-9-19(26)21(13-17)35(33,34)31(11-10-15-4-2-1-3-5-15)14-22(32)30-20-12-16(23(27,28)29)6-8-18(20)25/h1-9,12-13H,10-11,14H2,(H,30,32). The summed E-state index contributed by atoms with van der Waals surface area (Å²) in [6.45, 7) is -0.816. The SMILES string of the molecule is O=C(CN(CCc1ccccc1)S(=O)(=O)c1cc(Cl)ccc1Cl)Nc1cc(C(F)(F)F)ccc1Cl. The molecule has 0 saturated heterocycles. The Balaban J connectivity index is 1.89. The van der Waals surface area contributed by atoms with Crippen LogP contribution in [0.25, 0.3) is 0 Å². The van der Waals surface area contributed by atoms with Gasteiger partial charge < -0.3 is 5.32 Å². The van der Waals surface area contributed by atoms with Crippen molar-refractivity contribution in [2.24, 2.45) is 0 Å². The molecule has 1 N–H and O–H groups in total. The number of sulfonamides is 1. The Morgan fingerprint density at radius 3 is 2.23 bits per heavy atom. The number of rotatable bonds is 8. The van der Waals surface area contributed by atoms with Gasteiger partial charge in [0.05, 0.1) is 27.8 Å². The van der Waals surface area contributed by atoms with Crippen molar-refractivity contribution >= 4 is 56.4 Å². The number of nitrogens with one attached hydrogen (secondary N) is 1. The van der Waals surface area contributed by atoms with Crippen LogP contribution in [0.4, 0.5) is 18.9 Å². The summed E-state index contributed by atoms with van der Waals surface area (Å²) in [5.74, 6) is -0.888. The Kier molecular flexibility index (Phi) is 8.72. The highest BCUT2D eigenvalue weighted by Gasteiger charge is 2.32. The molecule has 0 aliphatic heterocycles. The lowest BCUT2D eigenvalue weighted by molar-refractivity contribution is -0.137. The lowest BCUT2D eigenvalue weighted by Gasteiger charge is -2.23. The van der Waals surface area contributed by atoms with Crippen LogP contribution in [0.1, 0.15) is 11.1 Å². The average Bonchev–Trinajstić information content (AvgIpc) is 2.79. The van der Waals surface area contributed by atoms with Crippen molar-refractivity contribution in [1.29, 1.82) is 0 Å². The van der Waals surface area contributed by atoms with Gasteiger partial charge in [-0.2, -0.15) is 17.5 Å². The number of carbonyl (C=O) groups is 1. The van der Waals surface area contributed by atoms with E-state index in [1.54, 1.807) is 30.3 Å². The van der Waals surface area contributed by atoms with Gasteiger partial charge in [0.2, 0.25) is 15.9 Å². The Labute approximate surface area is 215 Å². The molecule has 3 rings (SSSR count). The highest BCUT2D eigenvalue weighted by Crippen LogP contribution is 2.34. The second-order valence-corrected chi connectivity index (χ2v) is 10.5. The highest BCUT2D eigenvalue weighted by molar-refractivity contribution is 7.89. The quantitative estimate of drug-likeness (QED) is 0.337. The molecule has 0 aliphatic carbocycles. The van der Waals surface area contributed by atoms with Gasteiger partial charge in [0, 0.05) is 11.6 Å². The Hall–Kier alpha value is -2.30. The molecule has 1 amide bonds. The van der Waals surface area contributed by atoms with Crippen LogP contribution in [0.3, 0.4) is 0 Å². The predicted molar refractivity (Wildman–Crippen MR) is 130 cm³/mol. The van der Waals surface area contributed by atoms with Crippen LogP contribution in [-0.2, 0) is 27.4 Å². The summed E-state index contributed by atoms with van der Waals surface area (Å²) in [5, 5.41) is 2.15. The molecule has 0 bridgehead atoms. The van der Waals surface area contributed by atoms with Crippen molar-refractivity contribution in [2.75, 3.05) is 18.4 Å². The monoisotopic (exact) mass is 564 g/mol. The first-order valence-electron chi connectivity index (χ1n) is 10.0. The van der Waals surface area contributed by atoms with Crippen molar-refractivity contribution in [3.05, 3.63) is 92.9 Å². The van der Waals surface area contributed by atoms with Gasteiger partial charge in [-0.3, -0.25) is 4.79 Å². The Morgan fingerprint density at radius 2 is 1.57 bits per heavy atom. The first-order valence-corrected chi connectivity index (χ1v) is 12.6. The summed E-state index contributed by atoms with van der Waals surface area (Å²) in [7, 11) is -4.31. The average molecular weight is 566 g/mol. The molecule has 0 atom stereocenters. The lowest BCUT2D eigenvalue weighted by Crippen LogP contribution is -2.39. The van der Waals surface area contributed by atoms with E-state index in [2.05, 4.69) is 5.32 Å². The van der Waals surface area contributed by atoms with E-state index in [1.807, 2.05) is 0 Å². The van der Waals surface area contributed by atoms with Gasteiger partial charge in [0.15, 0.2) is 0 Å². The molecule has 0 saturated carbocycles. The summed E-state index contributed by atoms with van der Waals surface area (Å²) in [6, 6.07) is 15.3. The van der Waals surface area contributed by atoms with Crippen LogP contribution in [-0.4, -0.2) is 31.7 Å². The molecule has 0 spiro atoms. The number of nitrogens with zero attached hydrogens (tertiary/aromatic N) is 1. The van der Waals surface area contributed by atoms with Crippen molar-refractivity contribution in [3.8, 4) is 0 Å². The third-order valence-corrected chi connectivity index (χ3v) is 7.78. The molecular weight excluding hydrogens is 548 g/mol. The van der Waals surface area contributed by atoms with Crippen molar-refractivity contribution < 1.29 is 26.4 Å². The number of halogens is 6. The van der Waals surface area contributed by atoms with Gasteiger partial charge in [-0.1, -0.05) is 65.1 Å². The Bertz CT molecular complexity index is 1320. The molecule has 35 heavy (non-hydrogen) atoms. The molecule has 186 valence electrons. The molecule has 0 aromatic heterocycles. The van der Waals surface area contributed by atoms with Crippen LogP contribution in [0.15, 0.2) is 71.6 Å². The van der Waals surface area contributed by atoms with Crippen molar-refractivity contribution in [3.63, 3.8) is 0 Å². The van der Waals surface area contributed by atoms with Crippen LogP contribution in [0.5, 0.6) is 0 Å². The molecular formula is C23H18Cl3F3N2O3S. The summed E-state index contributed by atoms with van der Waals surface area (Å²) < 4.78 is 66.8. The lowest BCUT2D eigenvalue weighted by atomic mass is 10.1. The van der Waals surface area contributed by atoms with Gasteiger partial charge in [-0.05, 0) is 48.4 Å². The first-order chi connectivity index (χ1) is 16.4. The third-order valence-electron chi connectivity index (χ3n) is 4.89. The van der Waals surface area contributed by atoms with E-state index in [-0.39, 0.29) is 38.6 Å². The second kappa shape index (κ2) is 11.2. The zero-order valence-electron chi connectivity index (χ0n) is 17.8. The molecule has 0 heterocycles. The molecule has 0 unspecified atom stereocenters. The minimum Gasteiger partial charge on any atom is -0.324 e. The van der Waals surface area contributed by atoms with Crippen molar-refractivity contribution in [1.82, 2.24) is 4.31 Å². The molecule has 0 aliphatic rings.